The summed E-state index contributed by atoms with van der Waals surface area (Å²) in [5.41, 5.74) is 1.45. The van der Waals surface area contributed by atoms with Crippen LogP contribution in [-0.4, -0.2) is 42.1 Å². The van der Waals surface area contributed by atoms with Crippen LogP contribution in [0.2, 0.25) is 0 Å². The Morgan fingerprint density at radius 3 is 2.84 bits per heavy atom. The summed E-state index contributed by atoms with van der Waals surface area (Å²) >= 11 is 2.09. The van der Waals surface area contributed by atoms with E-state index < -0.39 is 0 Å². The zero-order chi connectivity index (χ0) is 13.5. The Hall–Kier alpha value is -0.510. The minimum atomic E-state index is 0.517. The summed E-state index contributed by atoms with van der Waals surface area (Å²) in [7, 11) is 0. The second-order valence-corrected chi connectivity index (χ2v) is 6.44. The molecule has 1 fully saturated rings. The molecule has 2 nitrogen and oxygen atoms in total. The summed E-state index contributed by atoms with van der Waals surface area (Å²) in [6.45, 7) is 7.97. The van der Waals surface area contributed by atoms with Gasteiger partial charge in [-0.3, -0.25) is 4.90 Å². The monoisotopic (exact) mass is 278 g/mol. The molecule has 2 rings (SSSR count). The fourth-order valence-corrected chi connectivity index (χ4v) is 3.76. The smallest absolute Gasteiger partial charge is 0.0476 e. The average Bonchev–Trinajstić information content (AvgIpc) is 2.46. The lowest BCUT2D eigenvalue weighted by molar-refractivity contribution is 0.158. The first-order valence-electron chi connectivity index (χ1n) is 7.42. The van der Waals surface area contributed by atoms with Crippen LogP contribution in [0.5, 0.6) is 0 Å². The first-order valence-corrected chi connectivity index (χ1v) is 8.57. The van der Waals surface area contributed by atoms with Crippen LogP contribution >= 0.6 is 11.8 Å². The number of rotatable bonds is 6. The van der Waals surface area contributed by atoms with Crippen molar-refractivity contribution in [1.29, 1.82) is 0 Å². The van der Waals surface area contributed by atoms with Gasteiger partial charge in [0.25, 0.3) is 0 Å². The van der Waals surface area contributed by atoms with Gasteiger partial charge in [-0.15, -0.1) is 0 Å². The van der Waals surface area contributed by atoms with E-state index in [-0.39, 0.29) is 0 Å². The Balaban J connectivity index is 2.09. The molecule has 3 heteroatoms. The fraction of sp³-hybridized carbons (Fsp3) is 0.625. The van der Waals surface area contributed by atoms with Crippen molar-refractivity contribution in [3.8, 4) is 0 Å². The van der Waals surface area contributed by atoms with Crippen LogP contribution in [-0.2, 0) is 0 Å². The highest BCUT2D eigenvalue weighted by Gasteiger charge is 2.26. The molecule has 0 radical (unpaired) electrons. The molecule has 2 atom stereocenters. The second kappa shape index (κ2) is 7.93. The summed E-state index contributed by atoms with van der Waals surface area (Å²) in [4.78, 5) is 2.68. The predicted octanol–water partition coefficient (Wildman–Crippen LogP) is 3.16. The predicted molar refractivity (Wildman–Crippen MR) is 85.8 cm³/mol. The SMILES string of the molecule is CCCNCC(c1ccccc1)N1CCSCC1C. The van der Waals surface area contributed by atoms with E-state index >= 15 is 0 Å². The Labute approximate surface area is 122 Å². The number of benzene rings is 1. The van der Waals surface area contributed by atoms with E-state index in [1.165, 1.54) is 30.0 Å². The largest absolute Gasteiger partial charge is 0.315 e. The standard InChI is InChI=1S/C16H26N2S/c1-3-9-17-12-16(15-7-5-4-6-8-15)18-10-11-19-13-14(18)2/h4-8,14,16-17H,3,9-13H2,1-2H3. The topological polar surface area (TPSA) is 15.3 Å². The van der Waals surface area contributed by atoms with Crippen LogP contribution in [0.4, 0.5) is 0 Å². The number of nitrogens with zero attached hydrogens (tertiary/aromatic N) is 1. The summed E-state index contributed by atoms with van der Waals surface area (Å²) in [5.74, 6) is 2.53. The molecule has 0 spiro atoms. The lowest BCUT2D eigenvalue weighted by Crippen LogP contribution is -2.46. The van der Waals surface area contributed by atoms with Gasteiger partial charge < -0.3 is 5.32 Å². The Kier molecular flexibility index (Phi) is 6.21. The third kappa shape index (κ3) is 4.23. The molecular formula is C16H26N2S. The summed E-state index contributed by atoms with van der Waals surface area (Å²) < 4.78 is 0. The molecule has 1 aliphatic heterocycles. The van der Waals surface area contributed by atoms with Gasteiger partial charge in [-0.2, -0.15) is 11.8 Å². The second-order valence-electron chi connectivity index (χ2n) is 5.29. The molecule has 0 amide bonds. The van der Waals surface area contributed by atoms with Crippen LogP contribution in [0.3, 0.4) is 0 Å². The van der Waals surface area contributed by atoms with Gasteiger partial charge in [-0.05, 0) is 25.5 Å². The van der Waals surface area contributed by atoms with Crippen molar-refractivity contribution in [2.24, 2.45) is 0 Å². The van der Waals surface area contributed by atoms with Crippen molar-refractivity contribution in [2.45, 2.75) is 32.4 Å². The van der Waals surface area contributed by atoms with Crippen LogP contribution in [0, 0.1) is 0 Å². The third-order valence-electron chi connectivity index (χ3n) is 3.77. The van der Waals surface area contributed by atoms with E-state index in [4.69, 9.17) is 0 Å². The first kappa shape index (κ1) is 14.9. The molecule has 1 heterocycles. The van der Waals surface area contributed by atoms with Crippen molar-refractivity contribution in [1.82, 2.24) is 10.2 Å². The highest BCUT2D eigenvalue weighted by molar-refractivity contribution is 7.99. The van der Waals surface area contributed by atoms with Gasteiger partial charge in [0.05, 0.1) is 0 Å². The van der Waals surface area contributed by atoms with Gasteiger partial charge >= 0.3 is 0 Å². The van der Waals surface area contributed by atoms with Crippen LogP contribution in [0.15, 0.2) is 30.3 Å². The first-order chi connectivity index (χ1) is 9.33. The molecule has 2 unspecified atom stereocenters. The molecule has 0 aliphatic carbocycles. The Bertz CT molecular complexity index is 355. The minimum absolute atomic E-state index is 0.517. The molecular weight excluding hydrogens is 252 g/mol. The number of hydrogen-bond acceptors (Lipinski definition) is 3. The molecule has 1 aromatic carbocycles. The van der Waals surface area contributed by atoms with E-state index in [9.17, 15) is 0 Å². The summed E-state index contributed by atoms with van der Waals surface area (Å²) in [5, 5.41) is 3.60. The zero-order valence-electron chi connectivity index (χ0n) is 12.1. The van der Waals surface area contributed by atoms with Gasteiger partial charge in [0.1, 0.15) is 0 Å². The molecule has 1 N–H and O–H groups in total. The van der Waals surface area contributed by atoms with Gasteiger partial charge in [-0.1, -0.05) is 37.3 Å². The van der Waals surface area contributed by atoms with Crippen LogP contribution in [0.1, 0.15) is 31.9 Å². The van der Waals surface area contributed by atoms with Crippen LogP contribution in [0.25, 0.3) is 0 Å². The Morgan fingerprint density at radius 1 is 1.37 bits per heavy atom. The maximum atomic E-state index is 3.60. The van der Waals surface area contributed by atoms with Crippen molar-refractivity contribution < 1.29 is 0 Å². The third-order valence-corrected chi connectivity index (χ3v) is 4.96. The van der Waals surface area contributed by atoms with Crippen molar-refractivity contribution >= 4 is 11.8 Å². The Morgan fingerprint density at radius 2 is 2.16 bits per heavy atom. The highest BCUT2D eigenvalue weighted by Crippen LogP contribution is 2.27. The van der Waals surface area contributed by atoms with E-state index in [1.54, 1.807) is 0 Å². The molecule has 1 saturated heterocycles. The van der Waals surface area contributed by atoms with E-state index in [0.29, 0.717) is 12.1 Å². The number of thioether (sulfide) groups is 1. The maximum absolute atomic E-state index is 3.60. The zero-order valence-corrected chi connectivity index (χ0v) is 13.0. The molecule has 106 valence electrons. The molecule has 1 aromatic rings. The van der Waals surface area contributed by atoms with Crippen molar-refractivity contribution in [3.63, 3.8) is 0 Å². The highest BCUT2D eigenvalue weighted by atomic mass is 32.2. The lowest BCUT2D eigenvalue weighted by atomic mass is 10.0. The van der Waals surface area contributed by atoms with E-state index in [0.717, 1.165) is 13.1 Å². The van der Waals surface area contributed by atoms with E-state index in [1.807, 2.05) is 0 Å². The fourth-order valence-electron chi connectivity index (χ4n) is 2.72. The average molecular weight is 278 g/mol. The lowest BCUT2D eigenvalue weighted by Gasteiger charge is -2.39. The van der Waals surface area contributed by atoms with Gasteiger partial charge in [0.15, 0.2) is 0 Å². The molecule has 0 bridgehead atoms. The normalized spacial score (nSPS) is 22.3. The number of hydrogen-bond donors (Lipinski definition) is 1. The van der Waals surface area contributed by atoms with Crippen molar-refractivity contribution in [3.05, 3.63) is 35.9 Å². The summed E-state index contributed by atoms with van der Waals surface area (Å²) in [6, 6.07) is 12.2. The van der Waals surface area contributed by atoms with Crippen LogP contribution < -0.4 is 5.32 Å². The maximum Gasteiger partial charge on any atom is 0.0476 e. The quantitative estimate of drug-likeness (QED) is 0.805. The van der Waals surface area contributed by atoms with Gasteiger partial charge in [0.2, 0.25) is 0 Å². The minimum Gasteiger partial charge on any atom is -0.315 e. The summed E-state index contributed by atoms with van der Waals surface area (Å²) in [6.07, 6.45) is 1.20. The molecule has 1 aliphatic rings. The molecule has 0 aromatic heterocycles. The van der Waals surface area contributed by atoms with E-state index in [2.05, 4.69) is 66.2 Å². The van der Waals surface area contributed by atoms with Crippen molar-refractivity contribution in [2.75, 3.05) is 31.1 Å². The van der Waals surface area contributed by atoms with Gasteiger partial charge in [-0.25, -0.2) is 0 Å². The number of nitrogens with one attached hydrogen (secondary N) is 1. The molecule has 19 heavy (non-hydrogen) atoms. The molecule has 0 saturated carbocycles. The van der Waals surface area contributed by atoms with Gasteiger partial charge in [0, 0.05) is 36.7 Å².